The summed E-state index contributed by atoms with van der Waals surface area (Å²) in [6.07, 6.45) is 0.823. The highest BCUT2D eigenvalue weighted by Crippen LogP contribution is 2.19. The van der Waals surface area contributed by atoms with E-state index in [1.54, 1.807) is 0 Å². The molecular formula is C13H16F2N2O2. The van der Waals surface area contributed by atoms with E-state index < -0.39 is 17.7 Å². The van der Waals surface area contributed by atoms with E-state index in [4.69, 9.17) is 10.5 Å². The lowest BCUT2D eigenvalue weighted by molar-refractivity contribution is -0.132. The summed E-state index contributed by atoms with van der Waals surface area (Å²) in [5.41, 5.74) is 5.96. The van der Waals surface area contributed by atoms with Crippen molar-refractivity contribution < 1.29 is 18.3 Å². The van der Waals surface area contributed by atoms with Crippen LogP contribution in [0.2, 0.25) is 0 Å². The van der Waals surface area contributed by atoms with Crippen molar-refractivity contribution in [3.63, 3.8) is 0 Å². The predicted molar refractivity (Wildman–Crippen MR) is 65.2 cm³/mol. The van der Waals surface area contributed by atoms with Crippen LogP contribution in [0.3, 0.4) is 0 Å². The fourth-order valence-corrected chi connectivity index (χ4v) is 2.02. The third kappa shape index (κ3) is 3.48. The lowest BCUT2D eigenvalue weighted by Crippen LogP contribution is -2.35. The summed E-state index contributed by atoms with van der Waals surface area (Å²) in [5, 5.41) is 2.64. The van der Waals surface area contributed by atoms with Gasteiger partial charge in [-0.2, -0.15) is 0 Å². The van der Waals surface area contributed by atoms with Crippen LogP contribution in [0.5, 0.6) is 0 Å². The highest BCUT2D eigenvalue weighted by molar-refractivity contribution is 5.81. The van der Waals surface area contributed by atoms with Crippen molar-refractivity contribution in [3.8, 4) is 0 Å². The molecule has 1 aliphatic heterocycles. The zero-order chi connectivity index (χ0) is 13.8. The van der Waals surface area contributed by atoms with Gasteiger partial charge in [0.1, 0.15) is 6.10 Å². The minimum absolute atomic E-state index is 0.0704. The van der Waals surface area contributed by atoms with Gasteiger partial charge in [-0.05, 0) is 30.5 Å². The first kappa shape index (κ1) is 13.9. The molecule has 2 rings (SSSR count). The summed E-state index contributed by atoms with van der Waals surface area (Å²) in [4.78, 5) is 11.8. The fourth-order valence-electron chi connectivity index (χ4n) is 2.02. The van der Waals surface area contributed by atoms with Crippen LogP contribution < -0.4 is 11.1 Å². The van der Waals surface area contributed by atoms with Gasteiger partial charge >= 0.3 is 0 Å². The van der Waals surface area contributed by atoms with Gasteiger partial charge in [0.05, 0.1) is 6.10 Å². The number of hydrogen-bond donors (Lipinski definition) is 2. The van der Waals surface area contributed by atoms with Gasteiger partial charge in [0, 0.05) is 13.1 Å². The largest absolute Gasteiger partial charge is 0.364 e. The lowest BCUT2D eigenvalue weighted by atomic mass is 10.1. The molecule has 0 radical (unpaired) electrons. The summed E-state index contributed by atoms with van der Waals surface area (Å²) in [5.74, 6) is -2.08. The van der Waals surface area contributed by atoms with E-state index >= 15 is 0 Å². The second-order valence-electron chi connectivity index (χ2n) is 4.53. The second kappa shape index (κ2) is 6.08. The molecule has 1 fully saturated rings. The van der Waals surface area contributed by atoms with Crippen LogP contribution in [0.1, 0.15) is 18.4 Å². The van der Waals surface area contributed by atoms with Crippen molar-refractivity contribution in [2.45, 2.75) is 31.6 Å². The molecule has 1 aliphatic rings. The maximum atomic E-state index is 13.0. The Morgan fingerprint density at radius 3 is 2.79 bits per heavy atom. The number of hydrogen-bond acceptors (Lipinski definition) is 3. The van der Waals surface area contributed by atoms with Crippen LogP contribution >= 0.6 is 0 Å². The van der Waals surface area contributed by atoms with E-state index in [0.29, 0.717) is 18.5 Å². The Bertz CT molecular complexity index is 468. The van der Waals surface area contributed by atoms with Crippen molar-refractivity contribution in [3.05, 3.63) is 35.4 Å². The molecule has 1 aromatic carbocycles. The first-order chi connectivity index (χ1) is 9.10. The van der Waals surface area contributed by atoms with Crippen molar-refractivity contribution in [1.29, 1.82) is 0 Å². The molecule has 2 atom stereocenters. The zero-order valence-electron chi connectivity index (χ0n) is 10.4. The maximum absolute atomic E-state index is 13.0. The van der Waals surface area contributed by atoms with Gasteiger partial charge in [-0.15, -0.1) is 0 Å². The monoisotopic (exact) mass is 270 g/mol. The number of amides is 1. The predicted octanol–water partition coefficient (Wildman–Crippen LogP) is 1.09. The molecule has 1 saturated heterocycles. The van der Waals surface area contributed by atoms with Gasteiger partial charge < -0.3 is 15.8 Å². The molecule has 104 valence electrons. The molecule has 19 heavy (non-hydrogen) atoms. The van der Waals surface area contributed by atoms with Crippen LogP contribution in [-0.4, -0.2) is 24.7 Å². The summed E-state index contributed by atoms with van der Waals surface area (Å²) in [7, 11) is 0. The number of halogens is 2. The molecular weight excluding hydrogens is 254 g/mol. The summed E-state index contributed by atoms with van der Waals surface area (Å²) in [6, 6.07) is 3.53. The van der Waals surface area contributed by atoms with E-state index in [0.717, 1.165) is 18.6 Å². The van der Waals surface area contributed by atoms with Gasteiger partial charge in [0.2, 0.25) is 5.91 Å². The van der Waals surface area contributed by atoms with Gasteiger partial charge in [-0.25, -0.2) is 8.78 Å². The van der Waals surface area contributed by atoms with Crippen LogP contribution in [0, 0.1) is 11.6 Å². The van der Waals surface area contributed by atoms with Crippen LogP contribution in [0.15, 0.2) is 18.2 Å². The average Bonchev–Trinajstić information content (AvgIpc) is 2.88. The third-order valence-electron chi connectivity index (χ3n) is 3.11. The van der Waals surface area contributed by atoms with E-state index in [1.165, 1.54) is 6.07 Å². The molecule has 0 unspecified atom stereocenters. The minimum atomic E-state index is -0.924. The topological polar surface area (TPSA) is 64.4 Å². The number of rotatable bonds is 4. The molecule has 0 bridgehead atoms. The van der Waals surface area contributed by atoms with Crippen LogP contribution in [0.4, 0.5) is 8.78 Å². The Balaban J connectivity index is 1.85. The smallest absolute Gasteiger partial charge is 0.249 e. The molecule has 6 heteroatoms. The van der Waals surface area contributed by atoms with Gasteiger partial charge in [0.25, 0.3) is 0 Å². The molecule has 1 aromatic rings. The van der Waals surface area contributed by atoms with Crippen molar-refractivity contribution in [2.75, 3.05) is 6.54 Å². The molecule has 3 N–H and O–H groups in total. The molecule has 4 nitrogen and oxygen atoms in total. The number of carbonyl (C=O) groups excluding carboxylic acids is 1. The number of nitrogens with one attached hydrogen (secondary N) is 1. The number of nitrogens with two attached hydrogens (primary N) is 1. The quantitative estimate of drug-likeness (QED) is 0.860. The van der Waals surface area contributed by atoms with Gasteiger partial charge in [0.15, 0.2) is 11.6 Å². The SMILES string of the molecule is NC[C@H]1CC[C@@H](C(=O)NCc2ccc(F)c(F)c2)O1. The summed E-state index contributed by atoms with van der Waals surface area (Å²) in [6.45, 7) is 0.538. The van der Waals surface area contributed by atoms with Crippen molar-refractivity contribution in [2.24, 2.45) is 5.73 Å². The Morgan fingerprint density at radius 1 is 1.37 bits per heavy atom. The van der Waals surface area contributed by atoms with Gasteiger partial charge in [-0.1, -0.05) is 6.07 Å². The van der Waals surface area contributed by atoms with Gasteiger partial charge in [-0.3, -0.25) is 4.79 Å². The fraction of sp³-hybridized carbons (Fsp3) is 0.462. The summed E-state index contributed by atoms with van der Waals surface area (Å²) < 4.78 is 31.1. The normalized spacial score (nSPS) is 22.5. The molecule has 0 aromatic heterocycles. The molecule has 0 spiro atoms. The highest BCUT2D eigenvalue weighted by atomic mass is 19.2. The highest BCUT2D eigenvalue weighted by Gasteiger charge is 2.29. The van der Waals surface area contributed by atoms with E-state index in [9.17, 15) is 13.6 Å². The van der Waals surface area contributed by atoms with E-state index in [2.05, 4.69) is 5.32 Å². The maximum Gasteiger partial charge on any atom is 0.249 e. The Labute approximate surface area is 109 Å². The number of ether oxygens (including phenoxy) is 1. The zero-order valence-corrected chi connectivity index (χ0v) is 10.4. The van der Waals surface area contributed by atoms with Crippen LogP contribution in [0.25, 0.3) is 0 Å². The Hall–Kier alpha value is -1.53. The second-order valence-corrected chi connectivity index (χ2v) is 4.53. The number of carbonyl (C=O) groups is 1. The van der Waals surface area contributed by atoms with E-state index in [-0.39, 0.29) is 18.6 Å². The van der Waals surface area contributed by atoms with Crippen molar-refractivity contribution >= 4 is 5.91 Å². The third-order valence-corrected chi connectivity index (χ3v) is 3.11. The lowest BCUT2D eigenvalue weighted by Gasteiger charge is -2.12. The van der Waals surface area contributed by atoms with Crippen molar-refractivity contribution in [1.82, 2.24) is 5.32 Å². The summed E-state index contributed by atoms with van der Waals surface area (Å²) >= 11 is 0. The molecule has 0 aliphatic carbocycles. The molecule has 1 amide bonds. The standard InChI is InChI=1S/C13H16F2N2O2/c14-10-3-1-8(5-11(10)15)7-17-13(18)12-4-2-9(6-16)19-12/h1,3,5,9,12H,2,4,6-7,16H2,(H,17,18)/t9-,12+/m1/s1. The molecule has 1 heterocycles. The average molecular weight is 270 g/mol. The number of benzene rings is 1. The Morgan fingerprint density at radius 2 is 2.16 bits per heavy atom. The first-order valence-electron chi connectivity index (χ1n) is 6.17. The Kier molecular flexibility index (Phi) is 4.44. The first-order valence-corrected chi connectivity index (χ1v) is 6.17. The van der Waals surface area contributed by atoms with Crippen LogP contribution in [-0.2, 0) is 16.1 Å². The molecule has 0 saturated carbocycles. The van der Waals surface area contributed by atoms with E-state index in [1.807, 2.05) is 0 Å². The minimum Gasteiger partial charge on any atom is -0.364 e.